The summed E-state index contributed by atoms with van der Waals surface area (Å²) >= 11 is 1.18. The second kappa shape index (κ2) is 9.29. The molecule has 1 amide bonds. The van der Waals surface area contributed by atoms with Crippen molar-refractivity contribution in [2.45, 2.75) is 18.2 Å². The molecule has 164 valence electrons. The van der Waals surface area contributed by atoms with Gasteiger partial charge in [0.2, 0.25) is 15.9 Å². The quantitative estimate of drug-likeness (QED) is 0.514. The lowest BCUT2D eigenvalue weighted by atomic mass is 10.0. The third kappa shape index (κ3) is 5.20. The maximum absolute atomic E-state index is 12.7. The Kier molecular flexibility index (Phi) is 6.49. The van der Waals surface area contributed by atoms with E-state index in [2.05, 4.69) is 10.3 Å². The number of benzene rings is 2. The van der Waals surface area contributed by atoms with Crippen molar-refractivity contribution in [1.29, 1.82) is 0 Å². The van der Waals surface area contributed by atoms with Crippen molar-refractivity contribution < 1.29 is 22.4 Å². The van der Waals surface area contributed by atoms with Gasteiger partial charge in [0.1, 0.15) is 11.3 Å². The first-order chi connectivity index (χ1) is 14.9. The zero-order valence-corrected chi connectivity index (χ0v) is 18.7. The number of carbonyl (C=O) groups excluding carboxylic acids is 1. The molecule has 2 heterocycles. The van der Waals surface area contributed by atoms with Gasteiger partial charge in [0.25, 0.3) is 5.22 Å². The molecular weight excluding hydrogens is 438 g/mol. The minimum Gasteiger partial charge on any atom is -0.497 e. The van der Waals surface area contributed by atoms with E-state index in [4.69, 9.17) is 9.15 Å². The van der Waals surface area contributed by atoms with E-state index < -0.39 is 10.0 Å². The van der Waals surface area contributed by atoms with Crippen LogP contribution in [0, 0.1) is 0 Å². The Balaban J connectivity index is 1.25. The van der Waals surface area contributed by atoms with E-state index in [-0.39, 0.29) is 24.0 Å². The summed E-state index contributed by atoms with van der Waals surface area (Å²) in [6.45, 7) is 0.814. The van der Waals surface area contributed by atoms with Crippen LogP contribution in [-0.4, -0.2) is 55.3 Å². The Morgan fingerprint density at radius 1 is 1.26 bits per heavy atom. The zero-order chi connectivity index (χ0) is 21.8. The van der Waals surface area contributed by atoms with Crippen LogP contribution in [0.3, 0.4) is 0 Å². The maximum Gasteiger partial charge on any atom is 0.257 e. The number of thioether (sulfide) groups is 1. The van der Waals surface area contributed by atoms with E-state index in [9.17, 15) is 13.2 Å². The van der Waals surface area contributed by atoms with Crippen LogP contribution < -0.4 is 10.1 Å². The van der Waals surface area contributed by atoms with Gasteiger partial charge in [-0.15, -0.1) is 0 Å². The van der Waals surface area contributed by atoms with Crippen LogP contribution in [0.5, 0.6) is 5.75 Å². The fraction of sp³-hybridized carbons (Fsp3) is 0.333. The molecule has 0 aliphatic carbocycles. The van der Waals surface area contributed by atoms with Crippen LogP contribution in [0.1, 0.15) is 11.1 Å². The minimum absolute atomic E-state index is 0.0568. The van der Waals surface area contributed by atoms with E-state index >= 15 is 0 Å². The van der Waals surface area contributed by atoms with E-state index in [0.29, 0.717) is 30.3 Å². The average Bonchev–Trinajstić information content (AvgIpc) is 3.20. The molecule has 0 atom stereocenters. The summed E-state index contributed by atoms with van der Waals surface area (Å²) in [6.07, 6.45) is 0.638. The van der Waals surface area contributed by atoms with Crippen molar-refractivity contribution in [2.75, 3.05) is 31.7 Å². The molecule has 8 nitrogen and oxygen atoms in total. The number of carbonyl (C=O) groups is 1. The van der Waals surface area contributed by atoms with Gasteiger partial charge in [-0.25, -0.2) is 13.4 Å². The molecule has 1 N–H and O–H groups in total. The number of hydrogen-bond donors (Lipinski definition) is 1. The summed E-state index contributed by atoms with van der Waals surface area (Å²) in [6, 6.07) is 13.1. The molecule has 4 rings (SSSR count). The van der Waals surface area contributed by atoms with Crippen molar-refractivity contribution in [1.82, 2.24) is 14.6 Å². The molecule has 3 aromatic rings. The summed E-state index contributed by atoms with van der Waals surface area (Å²) in [5.74, 6) is 0.468. The van der Waals surface area contributed by atoms with Crippen molar-refractivity contribution in [3.05, 3.63) is 53.6 Å². The molecule has 0 unspecified atom stereocenters. The normalized spacial score (nSPS) is 14.4. The van der Waals surface area contributed by atoms with Gasteiger partial charge in [-0.1, -0.05) is 30.0 Å². The van der Waals surface area contributed by atoms with Crippen LogP contribution in [-0.2, 0) is 27.8 Å². The van der Waals surface area contributed by atoms with Crippen molar-refractivity contribution in [2.24, 2.45) is 0 Å². The van der Waals surface area contributed by atoms with Gasteiger partial charge < -0.3 is 14.5 Å². The van der Waals surface area contributed by atoms with Crippen LogP contribution in [0.15, 0.2) is 52.1 Å². The van der Waals surface area contributed by atoms with Gasteiger partial charge in [-0.05, 0) is 41.8 Å². The number of nitrogens with zero attached hydrogens (tertiary/aromatic N) is 2. The Bertz CT molecular complexity index is 1160. The number of amides is 1. The van der Waals surface area contributed by atoms with E-state index in [1.807, 2.05) is 42.5 Å². The van der Waals surface area contributed by atoms with Crippen LogP contribution in [0.4, 0.5) is 0 Å². The molecule has 10 heteroatoms. The summed E-state index contributed by atoms with van der Waals surface area (Å²) in [7, 11) is -1.86. The molecule has 0 bridgehead atoms. The molecule has 1 aliphatic heterocycles. The Labute approximate surface area is 185 Å². The molecular formula is C21H23N3O5S2. The number of methoxy groups -OCH3 is 1. The average molecular weight is 462 g/mol. The fourth-order valence-electron chi connectivity index (χ4n) is 3.41. The second-order valence-corrected chi connectivity index (χ2v) is 10.1. The zero-order valence-electron chi connectivity index (χ0n) is 17.0. The van der Waals surface area contributed by atoms with Gasteiger partial charge in [0.15, 0.2) is 5.58 Å². The number of para-hydroxylation sites is 2. The van der Waals surface area contributed by atoms with E-state index in [0.717, 1.165) is 22.4 Å². The van der Waals surface area contributed by atoms with Crippen LogP contribution >= 0.6 is 11.8 Å². The molecule has 1 aromatic heterocycles. The maximum atomic E-state index is 12.7. The van der Waals surface area contributed by atoms with E-state index in [1.165, 1.54) is 16.1 Å². The predicted octanol–water partition coefficient (Wildman–Crippen LogP) is 2.43. The standard InChI is InChI=1S/C21H23N3O5S2/c1-28-17-7-6-16-13-24(10-8-15(16)12-17)31(26,27)11-9-22-20(25)14-30-21-23-18-4-2-3-5-19(18)29-21/h2-7,12H,8-11,13-14H2,1H3,(H,22,25). The number of nitrogens with one attached hydrogen (secondary N) is 1. The number of aromatic nitrogens is 1. The Morgan fingerprint density at radius 3 is 2.90 bits per heavy atom. The van der Waals surface area contributed by atoms with Crippen LogP contribution in [0.2, 0.25) is 0 Å². The molecule has 31 heavy (non-hydrogen) atoms. The summed E-state index contributed by atoms with van der Waals surface area (Å²) in [5.41, 5.74) is 3.49. The number of rotatable bonds is 8. The first kappa shape index (κ1) is 21.7. The lowest BCUT2D eigenvalue weighted by Gasteiger charge is -2.28. The summed E-state index contributed by atoms with van der Waals surface area (Å²) in [5, 5.41) is 3.07. The lowest BCUT2D eigenvalue weighted by molar-refractivity contribution is -0.118. The number of sulfonamides is 1. The van der Waals surface area contributed by atoms with Gasteiger partial charge in [0.05, 0.1) is 18.6 Å². The van der Waals surface area contributed by atoms with Crippen molar-refractivity contribution >= 4 is 38.8 Å². The number of hydrogen-bond acceptors (Lipinski definition) is 7. The van der Waals surface area contributed by atoms with E-state index in [1.54, 1.807) is 7.11 Å². The lowest BCUT2D eigenvalue weighted by Crippen LogP contribution is -2.40. The number of oxazole rings is 1. The Hall–Kier alpha value is -2.56. The fourth-order valence-corrected chi connectivity index (χ4v) is 5.40. The van der Waals surface area contributed by atoms with Gasteiger partial charge in [-0.3, -0.25) is 4.79 Å². The monoisotopic (exact) mass is 461 g/mol. The second-order valence-electron chi connectivity index (χ2n) is 7.12. The Morgan fingerprint density at radius 2 is 2.10 bits per heavy atom. The highest BCUT2D eigenvalue weighted by Crippen LogP contribution is 2.25. The number of fused-ring (bicyclic) bond motifs is 2. The predicted molar refractivity (Wildman–Crippen MR) is 119 cm³/mol. The SMILES string of the molecule is COc1ccc2c(c1)CCN(S(=O)(=O)CCNC(=O)CSc1nc3ccccc3o1)C2. The summed E-state index contributed by atoms with van der Waals surface area (Å²) < 4.78 is 37.7. The first-order valence-electron chi connectivity index (χ1n) is 9.83. The van der Waals surface area contributed by atoms with Gasteiger partial charge in [-0.2, -0.15) is 4.31 Å². The highest BCUT2D eigenvalue weighted by molar-refractivity contribution is 7.99. The highest BCUT2D eigenvalue weighted by Gasteiger charge is 2.26. The molecule has 2 aromatic carbocycles. The third-order valence-electron chi connectivity index (χ3n) is 5.07. The topological polar surface area (TPSA) is 102 Å². The molecule has 0 saturated heterocycles. The minimum atomic E-state index is -3.47. The molecule has 0 radical (unpaired) electrons. The highest BCUT2D eigenvalue weighted by atomic mass is 32.2. The largest absolute Gasteiger partial charge is 0.497 e. The smallest absolute Gasteiger partial charge is 0.257 e. The van der Waals surface area contributed by atoms with Gasteiger partial charge in [0, 0.05) is 19.6 Å². The molecule has 0 fully saturated rings. The molecule has 0 spiro atoms. The molecule has 1 aliphatic rings. The van der Waals surface area contributed by atoms with Crippen molar-refractivity contribution in [3.63, 3.8) is 0 Å². The number of ether oxygens (including phenoxy) is 1. The summed E-state index contributed by atoms with van der Waals surface area (Å²) in [4.78, 5) is 16.4. The van der Waals surface area contributed by atoms with Gasteiger partial charge >= 0.3 is 0 Å². The van der Waals surface area contributed by atoms with Crippen LogP contribution in [0.25, 0.3) is 11.1 Å². The molecule has 0 saturated carbocycles. The first-order valence-corrected chi connectivity index (χ1v) is 12.4. The van der Waals surface area contributed by atoms with Crippen molar-refractivity contribution in [3.8, 4) is 5.75 Å². The third-order valence-corrected chi connectivity index (χ3v) is 7.71.